The van der Waals surface area contributed by atoms with Crippen molar-refractivity contribution in [2.45, 2.75) is 33.1 Å². The van der Waals surface area contributed by atoms with Crippen molar-refractivity contribution in [3.05, 3.63) is 60.2 Å². The maximum atomic E-state index is 12.8. The quantitative estimate of drug-likeness (QED) is 0.748. The van der Waals surface area contributed by atoms with Gasteiger partial charge in [-0.05, 0) is 29.7 Å². The molecule has 2 aromatic rings. The van der Waals surface area contributed by atoms with Crippen LogP contribution >= 0.6 is 0 Å². The van der Waals surface area contributed by atoms with E-state index in [9.17, 15) is 9.59 Å². The second kappa shape index (κ2) is 9.59. The lowest BCUT2D eigenvalue weighted by atomic mass is 10.00. The van der Waals surface area contributed by atoms with Crippen LogP contribution in [0, 0.1) is 0 Å². The van der Waals surface area contributed by atoms with Gasteiger partial charge in [0.1, 0.15) is 0 Å². The molecule has 5 heteroatoms. The highest BCUT2D eigenvalue weighted by atomic mass is 16.2. The van der Waals surface area contributed by atoms with Crippen LogP contribution in [-0.4, -0.2) is 49.4 Å². The summed E-state index contributed by atoms with van der Waals surface area (Å²) in [7, 11) is 0. The third-order valence-corrected chi connectivity index (χ3v) is 5.53. The Bertz CT molecular complexity index is 827. The van der Waals surface area contributed by atoms with Crippen LogP contribution < -0.4 is 9.80 Å². The van der Waals surface area contributed by atoms with Gasteiger partial charge in [-0.15, -0.1) is 0 Å². The third-order valence-electron chi connectivity index (χ3n) is 5.53. The third kappa shape index (κ3) is 5.17. The number of para-hydroxylation sites is 2. The van der Waals surface area contributed by atoms with Crippen LogP contribution in [-0.2, 0) is 9.59 Å². The van der Waals surface area contributed by atoms with Gasteiger partial charge in [0, 0.05) is 57.4 Å². The SMILES string of the molecule is CC(=O)N(CCC(=O)N1CCN(c2ccccc2)CC1)c1ccccc1C(C)C. The minimum Gasteiger partial charge on any atom is -0.368 e. The Morgan fingerprint density at radius 1 is 0.931 bits per heavy atom. The second-order valence-electron chi connectivity index (χ2n) is 7.84. The van der Waals surface area contributed by atoms with Gasteiger partial charge in [-0.1, -0.05) is 50.2 Å². The molecule has 0 aliphatic carbocycles. The molecule has 3 rings (SSSR count). The van der Waals surface area contributed by atoms with E-state index in [0.29, 0.717) is 18.9 Å². The summed E-state index contributed by atoms with van der Waals surface area (Å²) in [5.74, 6) is 0.403. The molecule has 2 amide bonds. The van der Waals surface area contributed by atoms with Crippen molar-refractivity contribution in [1.29, 1.82) is 0 Å². The fourth-order valence-electron chi connectivity index (χ4n) is 3.89. The zero-order chi connectivity index (χ0) is 20.8. The predicted molar refractivity (Wildman–Crippen MR) is 118 cm³/mol. The first-order valence-electron chi connectivity index (χ1n) is 10.4. The van der Waals surface area contributed by atoms with Crippen molar-refractivity contribution in [2.75, 3.05) is 42.5 Å². The molecule has 0 saturated carbocycles. The number of hydrogen-bond donors (Lipinski definition) is 0. The summed E-state index contributed by atoms with van der Waals surface area (Å²) in [6, 6.07) is 18.3. The van der Waals surface area contributed by atoms with Gasteiger partial charge in [0.05, 0.1) is 0 Å². The Balaban J connectivity index is 1.59. The molecule has 1 saturated heterocycles. The lowest BCUT2D eigenvalue weighted by Gasteiger charge is -2.36. The normalized spacial score (nSPS) is 14.2. The fraction of sp³-hybridized carbons (Fsp3) is 0.417. The van der Waals surface area contributed by atoms with Crippen LogP contribution in [0.4, 0.5) is 11.4 Å². The van der Waals surface area contributed by atoms with Gasteiger partial charge < -0.3 is 14.7 Å². The molecule has 0 unspecified atom stereocenters. The molecule has 0 aromatic heterocycles. The first-order valence-corrected chi connectivity index (χ1v) is 10.4. The van der Waals surface area contributed by atoms with Crippen molar-refractivity contribution in [2.24, 2.45) is 0 Å². The van der Waals surface area contributed by atoms with Crippen LogP contribution in [0.15, 0.2) is 54.6 Å². The van der Waals surface area contributed by atoms with Crippen LogP contribution in [0.1, 0.15) is 38.7 Å². The average molecular weight is 394 g/mol. The number of rotatable bonds is 6. The minimum atomic E-state index is -0.0280. The molecular weight excluding hydrogens is 362 g/mol. The molecule has 0 N–H and O–H groups in total. The number of anilines is 2. The van der Waals surface area contributed by atoms with Crippen molar-refractivity contribution >= 4 is 23.2 Å². The van der Waals surface area contributed by atoms with E-state index in [0.717, 1.165) is 37.4 Å². The summed E-state index contributed by atoms with van der Waals surface area (Å²) in [6.45, 7) is 9.33. The number of carbonyl (C=O) groups excluding carboxylic acids is 2. The van der Waals surface area contributed by atoms with E-state index in [-0.39, 0.29) is 11.8 Å². The number of hydrogen-bond acceptors (Lipinski definition) is 3. The first kappa shape index (κ1) is 20.9. The Kier molecular flexibility index (Phi) is 6.91. The summed E-state index contributed by atoms with van der Waals surface area (Å²) in [4.78, 5) is 31.1. The number of piperazine rings is 1. The largest absolute Gasteiger partial charge is 0.368 e. The molecule has 0 atom stereocenters. The topological polar surface area (TPSA) is 43.9 Å². The molecule has 1 aliphatic heterocycles. The Hall–Kier alpha value is -2.82. The number of amides is 2. The van der Waals surface area contributed by atoms with Gasteiger partial charge in [0.15, 0.2) is 0 Å². The van der Waals surface area contributed by atoms with E-state index in [1.807, 2.05) is 41.3 Å². The minimum absolute atomic E-state index is 0.0280. The van der Waals surface area contributed by atoms with E-state index in [1.165, 1.54) is 5.69 Å². The zero-order valence-electron chi connectivity index (χ0n) is 17.7. The molecule has 1 heterocycles. The lowest BCUT2D eigenvalue weighted by Crippen LogP contribution is -2.49. The van der Waals surface area contributed by atoms with Crippen LogP contribution in [0.5, 0.6) is 0 Å². The Morgan fingerprint density at radius 3 is 2.17 bits per heavy atom. The van der Waals surface area contributed by atoms with E-state index in [2.05, 4.69) is 36.9 Å². The van der Waals surface area contributed by atoms with Gasteiger partial charge in [-0.25, -0.2) is 0 Å². The van der Waals surface area contributed by atoms with E-state index in [1.54, 1.807) is 11.8 Å². The van der Waals surface area contributed by atoms with Gasteiger partial charge in [-0.3, -0.25) is 9.59 Å². The van der Waals surface area contributed by atoms with Gasteiger partial charge in [-0.2, -0.15) is 0 Å². The summed E-state index contributed by atoms with van der Waals surface area (Å²) in [5.41, 5.74) is 3.25. The fourth-order valence-corrected chi connectivity index (χ4v) is 3.89. The maximum Gasteiger partial charge on any atom is 0.224 e. The van der Waals surface area contributed by atoms with Crippen molar-refractivity contribution in [3.8, 4) is 0 Å². The lowest BCUT2D eigenvalue weighted by molar-refractivity contribution is -0.131. The predicted octanol–water partition coefficient (Wildman–Crippen LogP) is 3.90. The Morgan fingerprint density at radius 2 is 1.55 bits per heavy atom. The van der Waals surface area contributed by atoms with Gasteiger partial charge >= 0.3 is 0 Å². The highest BCUT2D eigenvalue weighted by Crippen LogP contribution is 2.27. The second-order valence-corrected chi connectivity index (χ2v) is 7.84. The summed E-state index contributed by atoms with van der Waals surface area (Å²) in [5, 5.41) is 0. The van der Waals surface area contributed by atoms with Crippen molar-refractivity contribution in [3.63, 3.8) is 0 Å². The highest BCUT2D eigenvalue weighted by molar-refractivity contribution is 5.93. The maximum absolute atomic E-state index is 12.8. The molecule has 1 fully saturated rings. The van der Waals surface area contributed by atoms with Crippen LogP contribution in [0.25, 0.3) is 0 Å². The summed E-state index contributed by atoms with van der Waals surface area (Å²) in [6.07, 6.45) is 0.345. The van der Waals surface area contributed by atoms with Crippen LogP contribution in [0.3, 0.4) is 0 Å². The van der Waals surface area contributed by atoms with Gasteiger partial charge in [0.2, 0.25) is 11.8 Å². The number of carbonyl (C=O) groups is 2. The molecule has 1 aliphatic rings. The monoisotopic (exact) mass is 393 g/mol. The summed E-state index contributed by atoms with van der Waals surface area (Å²) < 4.78 is 0. The molecule has 29 heavy (non-hydrogen) atoms. The van der Waals surface area contributed by atoms with Gasteiger partial charge in [0.25, 0.3) is 0 Å². The smallest absolute Gasteiger partial charge is 0.224 e. The highest BCUT2D eigenvalue weighted by Gasteiger charge is 2.23. The van der Waals surface area contributed by atoms with Crippen molar-refractivity contribution < 1.29 is 9.59 Å². The molecule has 5 nitrogen and oxygen atoms in total. The molecule has 0 spiro atoms. The van der Waals surface area contributed by atoms with E-state index < -0.39 is 0 Å². The van der Waals surface area contributed by atoms with E-state index in [4.69, 9.17) is 0 Å². The molecule has 154 valence electrons. The standard InChI is InChI=1S/C24H31N3O2/c1-19(2)22-11-7-8-12-23(22)27(20(3)28)14-13-24(29)26-17-15-25(16-18-26)21-9-5-4-6-10-21/h4-12,19H,13-18H2,1-3H3. The molecule has 0 bridgehead atoms. The molecule has 2 aromatic carbocycles. The Labute approximate surface area is 173 Å². The molecular formula is C24H31N3O2. The zero-order valence-corrected chi connectivity index (χ0v) is 17.7. The number of benzene rings is 2. The summed E-state index contributed by atoms with van der Waals surface area (Å²) >= 11 is 0. The van der Waals surface area contributed by atoms with E-state index >= 15 is 0 Å². The van der Waals surface area contributed by atoms with Crippen LogP contribution in [0.2, 0.25) is 0 Å². The number of nitrogens with zero attached hydrogens (tertiary/aromatic N) is 3. The molecule has 0 radical (unpaired) electrons. The van der Waals surface area contributed by atoms with Crippen molar-refractivity contribution in [1.82, 2.24) is 4.90 Å². The first-order chi connectivity index (χ1) is 14.0. The average Bonchev–Trinajstić information content (AvgIpc) is 2.74.